The minimum atomic E-state index is -0.277. The van der Waals surface area contributed by atoms with Gasteiger partial charge >= 0.3 is 5.97 Å². The first kappa shape index (κ1) is 13.6. The first-order chi connectivity index (χ1) is 8.17. The van der Waals surface area contributed by atoms with Gasteiger partial charge in [0, 0.05) is 22.8 Å². The fourth-order valence-electron chi connectivity index (χ4n) is 1.39. The second-order valence-electron chi connectivity index (χ2n) is 3.47. The zero-order valence-electron chi connectivity index (χ0n) is 10.00. The van der Waals surface area contributed by atoms with E-state index in [-0.39, 0.29) is 5.97 Å². The smallest absolute Gasteiger partial charge is 0.333 e. The Hall–Kier alpha value is -1.48. The van der Waals surface area contributed by atoms with Gasteiger partial charge in [0.15, 0.2) is 0 Å². The Kier molecular flexibility index (Phi) is 5.57. The van der Waals surface area contributed by atoms with Gasteiger partial charge in [-0.25, -0.2) is 4.79 Å². The normalized spacial score (nSPS) is 11.1. The van der Waals surface area contributed by atoms with Crippen molar-refractivity contribution in [1.82, 2.24) is 0 Å². The van der Waals surface area contributed by atoms with E-state index in [1.807, 2.05) is 37.3 Å². The van der Waals surface area contributed by atoms with Crippen LogP contribution in [0.5, 0.6) is 0 Å². The molecule has 1 N–H and O–H groups in total. The van der Waals surface area contributed by atoms with Crippen LogP contribution >= 0.6 is 11.6 Å². The molecule has 0 heterocycles. The maximum atomic E-state index is 11.3. The van der Waals surface area contributed by atoms with E-state index in [1.165, 1.54) is 7.11 Å². The largest absolute Gasteiger partial charge is 0.466 e. The number of nitrogens with one attached hydrogen (secondary N) is 1. The van der Waals surface area contributed by atoms with Crippen LogP contribution in [0, 0.1) is 0 Å². The van der Waals surface area contributed by atoms with Gasteiger partial charge in [-0.15, -0.1) is 0 Å². The molecule has 0 atom stereocenters. The predicted molar refractivity (Wildman–Crippen MR) is 70.3 cm³/mol. The van der Waals surface area contributed by atoms with Crippen molar-refractivity contribution in [2.45, 2.75) is 13.3 Å². The lowest BCUT2D eigenvalue weighted by Gasteiger charge is -2.05. The average molecular weight is 254 g/mol. The van der Waals surface area contributed by atoms with E-state index in [4.69, 9.17) is 11.6 Å². The monoisotopic (exact) mass is 253 g/mol. The lowest BCUT2D eigenvalue weighted by Crippen LogP contribution is -2.07. The number of anilines is 1. The first-order valence-electron chi connectivity index (χ1n) is 5.44. The number of benzene rings is 1. The molecule has 0 bridgehead atoms. The van der Waals surface area contributed by atoms with Crippen LogP contribution in [0.3, 0.4) is 0 Å². The molecule has 1 aromatic rings. The first-order valence-corrected chi connectivity index (χ1v) is 5.82. The highest BCUT2D eigenvalue weighted by atomic mass is 35.5. The van der Waals surface area contributed by atoms with Crippen molar-refractivity contribution in [2.75, 3.05) is 19.0 Å². The van der Waals surface area contributed by atoms with Gasteiger partial charge in [-0.05, 0) is 24.6 Å². The Morgan fingerprint density at radius 3 is 2.88 bits per heavy atom. The molecule has 0 amide bonds. The van der Waals surface area contributed by atoms with Gasteiger partial charge < -0.3 is 10.1 Å². The summed E-state index contributed by atoms with van der Waals surface area (Å²) < 4.78 is 4.67. The summed E-state index contributed by atoms with van der Waals surface area (Å²) in [5.74, 6) is -0.277. The SMILES string of the molecule is CC/C(=C/CNc1cccc(Cl)c1)C(=O)OC. The Balaban J connectivity index is 2.56. The third-order valence-electron chi connectivity index (χ3n) is 2.31. The number of carbonyl (C=O) groups excluding carboxylic acids is 1. The lowest BCUT2D eigenvalue weighted by molar-refractivity contribution is -0.136. The molecule has 1 aromatic carbocycles. The minimum absolute atomic E-state index is 0.277. The zero-order valence-corrected chi connectivity index (χ0v) is 10.8. The van der Waals surface area contributed by atoms with Crippen LogP contribution in [0.2, 0.25) is 5.02 Å². The Morgan fingerprint density at radius 2 is 2.29 bits per heavy atom. The van der Waals surface area contributed by atoms with Crippen molar-refractivity contribution in [3.8, 4) is 0 Å². The van der Waals surface area contributed by atoms with Crippen molar-refractivity contribution in [1.29, 1.82) is 0 Å². The quantitative estimate of drug-likeness (QED) is 0.647. The summed E-state index contributed by atoms with van der Waals surface area (Å²) in [5, 5.41) is 3.84. The maximum absolute atomic E-state index is 11.3. The fraction of sp³-hybridized carbons (Fsp3) is 0.308. The highest BCUT2D eigenvalue weighted by molar-refractivity contribution is 6.30. The Bertz CT molecular complexity index is 416. The second-order valence-corrected chi connectivity index (χ2v) is 3.90. The van der Waals surface area contributed by atoms with E-state index in [2.05, 4.69) is 10.1 Å². The van der Waals surface area contributed by atoms with Crippen molar-refractivity contribution in [3.63, 3.8) is 0 Å². The van der Waals surface area contributed by atoms with Crippen LogP contribution in [0.25, 0.3) is 0 Å². The summed E-state index contributed by atoms with van der Waals surface area (Å²) >= 11 is 5.86. The van der Waals surface area contributed by atoms with Gasteiger partial charge in [0.05, 0.1) is 7.11 Å². The van der Waals surface area contributed by atoms with Gasteiger partial charge in [-0.1, -0.05) is 30.7 Å². The standard InChI is InChI=1S/C13H16ClNO2/c1-3-10(13(16)17-2)7-8-15-12-6-4-5-11(14)9-12/h4-7,9,15H,3,8H2,1-2H3/b10-7-. The summed E-state index contributed by atoms with van der Waals surface area (Å²) in [5.41, 5.74) is 1.59. The van der Waals surface area contributed by atoms with Gasteiger partial charge in [0.2, 0.25) is 0 Å². The summed E-state index contributed by atoms with van der Waals surface area (Å²) in [4.78, 5) is 11.3. The Morgan fingerprint density at radius 1 is 1.53 bits per heavy atom. The van der Waals surface area contributed by atoms with Crippen molar-refractivity contribution in [2.24, 2.45) is 0 Å². The molecule has 0 aromatic heterocycles. The molecule has 0 spiro atoms. The fourth-order valence-corrected chi connectivity index (χ4v) is 1.58. The number of hydrogen-bond acceptors (Lipinski definition) is 3. The molecular weight excluding hydrogens is 238 g/mol. The number of halogens is 1. The van der Waals surface area contributed by atoms with Gasteiger partial charge in [-0.2, -0.15) is 0 Å². The van der Waals surface area contributed by atoms with Crippen LogP contribution < -0.4 is 5.32 Å². The number of methoxy groups -OCH3 is 1. The molecule has 17 heavy (non-hydrogen) atoms. The van der Waals surface area contributed by atoms with Crippen molar-refractivity contribution in [3.05, 3.63) is 40.9 Å². The summed E-state index contributed by atoms with van der Waals surface area (Å²) in [6, 6.07) is 7.44. The van der Waals surface area contributed by atoms with Crippen LogP contribution in [-0.4, -0.2) is 19.6 Å². The Labute approximate surface area is 106 Å². The number of hydrogen-bond donors (Lipinski definition) is 1. The van der Waals surface area contributed by atoms with Crippen LogP contribution in [0.15, 0.2) is 35.9 Å². The molecule has 0 aliphatic rings. The van der Waals surface area contributed by atoms with E-state index in [0.717, 1.165) is 5.69 Å². The van der Waals surface area contributed by atoms with Crippen molar-refractivity contribution < 1.29 is 9.53 Å². The average Bonchev–Trinajstić information content (AvgIpc) is 2.34. The molecule has 3 nitrogen and oxygen atoms in total. The maximum Gasteiger partial charge on any atom is 0.333 e. The van der Waals surface area contributed by atoms with E-state index < -0.39 is 0 Å². The molecule has 0 fully saturated rings. The van der Waals surface area contributed by atoms with E-state index in [9.17, 15) is 4.79 Å². The molecular formula is C13H16ClNO2. The van der Waals surface area contributed by atoms with Gasteiger partial charge in [0.1, 0.15) is 0 Å². The van der Waals surface area contributed by atoms with Crippen LogP contribution in [-0.2, 0) is 9.53 Å². The highest BCUT2D eigenvalue weighted by Crippen LogP contribution is 2.14. The highest BCUT2D eigenvalue weighted by Gasteiger charge is 2.05. The molecule has 4 heteroatoms. The number of rotatable bonds is 5. The molecule has 0 saturated carbocycles. The zero-order chi connectivity index (χ0) is 12.7. The lowest BCUT2D eigenvalue weighted by atomic mass is 10.2. The second kappa shape index (κ2) is 6.97. The minimum Gasteiger partial charge on any atom is -0.466 e. The third-order valence-corrected chi connectivity index (χ3v) is 2.54. The van der Waals surface area contributed by atoms with Crippen LogP contribution in [0.1, 0.15) is 13.3 Å². The van der Waals surface area contributed by atoms with E-state index in [0.29, 0.717) is 23.6 Å². The molecule has 0 saturated heterocycles. The molecule has 0 unspecified atom stereocenters. The molecule has 0 radical (unpaired) electrons. The molecule has 0 aliphatic carbocycles. The van der Waals surface area contributed by atoms with Crippen LogP contribution in [0.4, 0.5) is 5.69 Å². The summed E-state index contributed by atoms with van der Waals surface area (Å²) in [6.45, 7) is 2.49. The molecule has 92 valence electrons. The number of esters is 1. The van der Waals surface area contributed by atoms with E-state index >= 15 is 0 Å². The van der Waals surface area contributed by atoms with Gasteiger partial charge in [0.25, 0.3) is 0 Å². The predicted octanol–water partition coefficient (Wildman–Crippen LogP) is 3.26. The third kappa shape index (κ3) is 4.49. The molecule has 0 aliphatic heterocycles. The van der Waals surface area contributed by atoms with Gasteiger partial charge in [-0.3, -0.25) is 0 Å². The number of carbonyl (C=O) groups is 1. The van der Waals surface area contributed by atoms with E-state index in [1.54, 1.807) is 0 Å². The summed E-state index contributed by atoms with van der Waals surface area (Å²) in [7, 11) is 1.39. The molecule has 1 rings (SSSR count). The van der Waals surface area contributed by atoms with Crippen molar-refractivity contribution >= 4 is 23.3 Å². The summed E-state index contributed by atoms with van der Waals surface area (Å²) in [6.07, 6.45) is 2.48. The number of ether oxygens (including phenoxy) is 1. The topological polar surface area (TPSA) is 38.3 Å².